The second-order valence-electron chi connectivity index (χ2n) is 4.56. The Labute approximate surface area is 155 Å². The van der Waals surface area contributed by atoms with Gasteiger partial charge in [-0.25, -0.2) is 0 Å². The molecule has 1 aromatic rings. The van der Waals surface area contributed by atoms with Crippen molar-refractivity contribution in [2.24, 2.45) is 4.99 Å². The highest BCUT2D eigenvalue weighted by Crippen LogP contribution is 2.10. The summed E-state index contributed by atoms with van der Waals surface area (Å²) in [5.74, 6) is 0.834. The van der Waals surface area contributed by atoms with Crippen LogP contribution in [0.4, 0.5) is 0 Å². The van der Waals surface area contributed by atoms with Gasteiger partial charge >= 0.3 is 0 Å². The molecule has 0 atom stereocenters. The first-order valence-corrected chi connectivity index (χ1v) is 7.28. The van der Waals surface area contributed by atoms with Gasteiger partial charge in [-0.05, 0) is 17.7 Å². The van der Waals surface area contributed by atoms with Crippen molar-refractivity contribution in [2.45, 2.75) is 6.54 Å². The molecule has 0 radical (unpaired) electrons. The van der Waals surface area contributed by atoms with E-state index in [0.717, 1.165) is 17.5 Å². The third kappa shape index (κ3) is 8.77. The van der Waals surface area contributed by atoms with Crippen LogP contribution in [0.2, 0.25) is 5.02 Å². The summed E-state index contributed by atoms with van der Waals surface area (Å²) in [5.41, 5.74) is 1.18. The van der Waals surface area contributed by atoms with Crippen LogP contribution in [0.1, 0.15) is 5.56 Å². The number of nitrogens with one attached hydrogen (secondary N) is 1. The van der Waals surface area contributed by atoms with Crippen molar-refractivity contribution in [2.75, 3.05) is 47.6 Å². The summed E-state index contributed by atoms with van der Waals surface area (Å²) in [5, 5.41) is 4.01. The average molecular weight is 442 g/mol. The van der Waals surface area contributed by atoms with E-state index in [-0.39, 0.29) is 24.0 Å². The van der Waals surface area contributed by atoms with Crippen LogP contribution < -0.4 is 5.32 Å². The Morgan fingerprint density at radius 3 is 2.50 bits per heavy atom. The normalized spacial score (nSPS) is 11.0. The van der Waals surface area contributed by atoms with E-state index >= 15 is 0 Å². The highest BCUT2D eigenvalue weighted by Gasteiger charge is 2.06. The minimum atomic E-state index is 0. The number of halogens is 2. The quantitative estimate of drug-likeness (QED) is 0.292. The first kappa shape index (κ1) is 21.4. The SMILES string of the molecule is CN=C(NCCOCCOC)N(C)Cc1ccc(Cl)cc1.I. The molecule has 1 N–H and O–H groups in total. The summed E-state index contributed by atoms with van der Waals surface area (Å²) in [7, 11) is 5.43. The monoisotopic (exact) mass is 441 g/mol. The van der Waals surface area contributed by atoms with E-state index in [2.05, 4.69) is 15.2 Å². The summed E-state index contributed by atoms with van der Waals surface area (Å²) in [4.78, 5) is 6.31. The maximum absolute atomic E-state index is 5.89. The number of nitrogens with zero attached hydrogens (tertiary/aromatic N) is 2. The highest BCUT2D eigenvalue weighted by atomic mass is 127. The van der Waals surface area contributed by atoms with Crippen LogP contribution >= 0.6 is 35.6 Å². The Morgan fingerprint density at radius 1 is 1.23 bits per heavy atom. The van der Waals surface area contributed by atoms with Gasteiger partial charge in [-0.1, -0.05) is 23.7 Å². The Morgan fingerprint density at radius 2 is 1.91 bits per heavy atom. The van der Waals surface area contributed by atoms with Crippen molar-refractivity contribution in [1.29, 1.82) is 0 Å². The second kappa shape index (κ2) is 12.9. The van der Waals surface area contributed by atoms with E-state index in [4.69, 9.17) is 21.1 Å². The molecule has 0 aliphatic heterocycles. The third-order valence-electron chi connectivity index (χ3n) is 2.87. The topological polar surface area (TPSA) is 46.1 Å². The number of hydrogen-bond donors (Lipinski definition) is 1. The van der Waals surface area contributed by atoms with Gasteiger partial charge in [-0.2, -0.15) is 0 Å². The molecule has 0 aromatic heterocycles. The van der Waals surface area contributed by atoms with Crippen LogP contribution in [-0.4, -0.2) is 58.4 Å². The van der Waals surface area contributed by atoms with Crippen molar-refractivity contribution < 1.29 is 9.47 Å². The van der Waals surface area contributed by atoms with E-state index in [0.29, 0.717) is 26.4 Å². The molecule has 22 heavy (non-hydrogen) atoms. The first-order chi connectivity index (χ1) is 10.2. The van der Waals surface area contributed by atoms with Crippen LogP contribution in [-0.2, 0) is 16.0 Å². The van der Waals surface area contributed by atoms with Crippen LogP contribution in [0, 0.1) is 0 Å². The van der Waals surface area contributed by atoms with Gasteiger partial charge in [0.15, 0.2) is 5.96 Å². The minimum absolute atomic E-state index is 0. The molecule has 0 aliphatic carbocycles. The molecule has 1 rings (SSSR count). The van der Waals surface area contributed by atoms with Gasteiger partial charge in [-0.15, -0.1) is 24.0 Å². The highest BCUT2D eigenvalue weighted by molar-refractivity contribution is 14.0. The summed E-state index contributed by atoms with van der Waals surface area (Å²) in [6.45, 7) is 3.32. The molecular formula is C15H25ClIN3O2. The maximum Gasteiger partial charge on any atom is 0.193 e. The molecule has 0 aliphatic rings. The number of guanidine groups is 1. The molecular weight excluding hydrogens is 417 g/mol. The minimum Gasteiger partial charge on any atom is -0.382 e. The van der Waals surface area contributed by atoms with Gasteiger partial charge < -0.3 is 19.7 Å². The third-order valence-corrected chi connectivity index (χ3v) is 3.12. The molecule has 5 nitrogen and oxygen atoms in total. The number of ether oxygens (including phenoxy) is 2. The Bertz CT molecular complexity index is 429. The van der Waals surface area contributed by atoms with Crippen molar-refractivity contribution in [1.82, 2.24) is 10.2 Å². The molecule has 0 amide bonds. The molecule has 7 heteroatoms. The van der Waals surface area contributed by atoms with Gasteiger partial charge in [0, 0.05) is 39.3 Å². The zero-order valence-corrected chi connectivity index (χ0v) is 16.4. The summed E-state index contributed by atoms with van der Waals surface area (Å²) in [6, 6.07) is 7.81. The van der Waals surface area contributed by atoms with Gasteiger partial charge in [-0.3, -0.25) is 4.99 Å². The molecule has 1 aromatic carbocycles. The standard InChI is InChI=1S/C15H24ClN3O2.HI/c1-17-15(18-8-9-21-11-10-20-3)19(2)12-13-4-6-14(16)7-5-13;/h4-7H,8-12H2,1-3H3,(H,17,18);1H. The number of rotatable bonds is 8. The van der Waals surface area contributed by atoms with Gasteiger partial charge in [0.1, 0.15) is 0 Å². The predicted molar refractivity (Wildman–Crippen MR) is 102 cm³/mol. The summed E-state index contributed by atoms with van der Waals surface area (Å²) >= 11 is 5.89. The molecule has 0 saturated heterocycles. The lowest BCUT2D eigenvalue weighted by atomic mass is 10.2. The zero-order valence-electron chi connectivity index (χ0n) is 13.3. The lowest BCUT2D eigenvalue weighted by Crippen LogP contribution is -2.40. The number of benzene rings is 1. The average Bonchev–Trinajstić information content (AvgIpc) is 2.49. The van der Waals surface area contributed by atoms with Crippen LogP contribution in [0.15, 0.2) is 29.3 Å². The van der Waals surface area contributed by atoms with Crippen molar-refractivity contribution >= 4 is 41.5 Å². The van der Waals surface area contributed by atoms with Gasteiger partial charge in [0.25, 0.3) is 0 Å². The maximum atomic E-state index is 5.89. The van der Waals surface area contributed by atoms with E-state index in [1.807, 2.05) is 31.3 Å². The molecule has 0 fully saturated rings. The number of hydrogen-bond acceptors (Lipinski definition) is 3. The van der Waals surface area contributed by atoms with E-state index < -0.39 is 0 Å². The lowest BCUT2D eigenvalue weighted by molar-refractivity contribution is 0.0731. The molecule has 0 saturated carbocycles. The van der Waals surface area contributed by atoms with Gasteiger partial charge in [0.05, 0.1) is 19.8 Å². The number of methoxy groups -OCH3 is 1. The Kier molecular flexibility index (Phi) is 12.6. The van der Waals surface area contributed by atoms with E-state index in [1.165, 1.54) is 5.56 Å². The largest absolute Gasteiger partial charge is 0.382 e. The Balaban J connectivity index is 0.00000441. The molecule has 0 heterocycles. The summed E-state index contributed by atoms with van der Waals surface area (Å²) in [6.07, 6.45) is 0. The second-order valence-corrected chi connectivity index (χ2v) is 5.00. The fourth-order valence-electron chi connectivity index (χ4n) is 1.80. The van der Waals surface area contributed by atoms with Crippen molar-refractivity contribution in [3.63, 3.8) is 0 Å². The summed E-state index contributed by atoms with van der Waals surface area (Å²) < 4.78 is 10.3. The first-order valence-electron chi connectivity index (χ1n) is 6.90. The van der Waals surface area contributed by atoms with Crippen molar-refractivity contribution in [3.05, 3.63) is 34.9 Å². The van der Waals surface area contributed by atoms with E-state index in [1.54, 1.807) is 14.2 Å². The van der Waals surface area contributed by atoms with Crippen molar-refractivity contribution in [3.8, 4) is 0 Å². The smallest absolute Gasteiger partial charge is 0.193 e. The molecule has 0 spiro atoms. The van der Waals surface area contributed by atoms with Crippen LogP contribution in [0.3, 0.4) is 0 Å². The molecule has 126 valence electrons. The van der Waals surface area contributed by atoms with Crippen LogP contribution in [0.25, 0.3) is 0 Å². The Hall–Kier alpha value is -0.570. The van der Waals surface area contributed by atoms with E-state index in [9.17, 15) is 0 Å². The van der Waals surface area contributed by atoms with Crippen LogP contribution in [0.5, 0.6) is 0 Å². The lowest BCUT2D eigenvalue weighted by Gasteiger charge is -2.22. The predicted octanol–water partition coefficient (Wildman–Crippen LogP) is 2.63. The van der Waals surface area contributed by atoms with Gasteiger partial charge in [0.2, 0.25) is 0 Å². The fraction of sp³-hybridized carbons (Fsp3) is 0.533. The molecule has 0 bridgehead atoms. The zero-order chi connectivity index (χ0) is 15.5. The number of aliphatic imine (C=N–C) groups is 1. The molecule has 0 unspecified atom stereocenters. The fourth-order valence-corrected chi connectivity index (χ4v) is 1.93.